The van der Waals surface area contributed by atoms with Gasteiger partial charge in [0.2, 0.25) is 0 Å². The van der Waals surface area contributed by atoms with E-state index >= 15 is 0 Å². The number of esters is 1. The summed E-state index contributed by atoms with van der Waals surface area (Å²) >= 11 is 0. The summed E-state index contributed by atoms with van der Waals surface area (Å²) in [4.78, 5) is 37.7. The molecule has 1 aromatic rings. The molecule has 11 heteroatoms. The minimum Gasteiger partial charge on any atom is -0.466 e. The highest BCUT2D eigenvalue weighted by Gasteiger charge is 2.48. The summed E-state index contributed by atoms with van der Waals surface area (Å²) in [7, 11) is -3.78. The lowest BCUT2D eigenvalue weighted by molar-refractivity contribution is -0.385. The van der Waals surface area contributed by atoms with Crippen LogP contribution in [0.2, 0.25) is 0 Å². The van der Waals surface area contributed by atoms with Gasteiger partial charge in [-0.15, -0.1) is 0 Å². The smallest absolute Gasteiger partial charge is 0.410 e. The zero-order chi connectivity index (χ0) is 23.8. The third-order valence-electron chi connectivity index (χ3n) is 5.41. The fourth-order valence-electron chi connectivity index (χ4n) is 3.90. The SMILES string of the molecule is CCOC(=O)[C@@H]1CCN(C(=O)OC(C)(C)C)[C@H]1c1cc([N+](=O)[O-])ccc1S(=O)(=O)C1CC1. The van der Waals surface area contributed by atoms with E-state index in [2.05, 4.69) is 0 Å². The number of nitro benzene ring substituents is 1. The summed E-state index contributed by atoms with van der Waals surface area (Å²) in [5.41, 5.74) is -1.10. The van der Waals surface area contributed by atoms with Crippen LogP contribution >= 0.6 is 0 Å². The maximum Gasteiger partial charge on any atom is 0.410 e. The standard InChI is InChI=1S/C21H28N2O8S/c1-5-30-19(24)15-10-11-22(20(25)31-21(2,3)4)18(15)16-12-13(23(26)27)6-9-17(16)32(28,29)14-7-8-14/h6,9,12,14-15,18H,5,7-8,10-11H2,1-4H3/t15-,18-/m1/s1. The van der Waals surface area contributed by atoms with E-state index in [0.29, 0.717) is 12.8 Å². The molecule has 2 fully saturated rings. The summed E-state index contributed by atoms with van der Waals surface area (Å²) < 4.78 is 36.9. The molecule has 1 heterocycles. The number of rotatable bonds is 6. The second-order valence-corrected chi connectivity index (χ2v) is 11.2. The topological polar surface area (TPSA) is 133 Å². The number of amides is 1. The first kappa shape index (κ1) is 24.0. The number of nitro groups is 1. The first-order chi connectivity index (χ1) is 14.9. The molecule has 1 amide bonds. The van der Waals surface area contributed by atoms with Gasteiger partial charge < -0.3 is 14.4 Å². The van der Waals surface area contributed by atoms with Crippen LogP contribution < -0.4 is 0 Å². The van der Waals surface area contributed by atoms with Crippen LogP contribution in [0.25, 0.3) is 0 Å². The number of likely N-dealkylation sites (tertiary alicyclic amines) is 1. The first-order valence-corrected chi connectivity index (χ1v) is 12.1. The van der Waals surface area contributed by atoms with Gasteiger partial charge in [-0.05, 0) is 53.0 Å². The van der Waals surface area contributed by atoms with Gasteiger partial charge in [0.05, 0.1) is 33.6 Å². The molecule has 2 atom stereocenters. The molecule has 0 spiro atoms. The number of hydrogen-bond donors (Lipinski definition) is 0. The van der Waals surface area contributed by atoms with Crippen molar-refractivity contribution in [2.45, 2.75) is 68.7 Å². The van der Waals surface area contributed by atoms with Crippen LogP contribution in [0.5, 0.6) is 0 Å². The van der Waals surface area contributed by atoms with E-state index in [1.54, 1.807) is 27.7 Å². The molecule has 1 aromatic carbocycles. The molecule has 0 bridgehead atoms. The van der Waals surface area contributed by atoms with Crippen LogP contribution in [0.3, 0.4) is 0 Å². The second kappa shape index (κ2) is 8.68. The zero-order valence-corrected chi connectivity index (χ0v) is 19.4. The number of benzene rings is 1. The largest absolute Gasteiger partial charge is 0.466 e. The van der Waals surface area contributed by atoms with Gasteiger partial charge in [0.15, 0.2) is 9.84 Å². The quantitative estimate of drug-likeness (QED) is 0.352. The highest BCUT2D eigenvalue weighted by atomic mass is 32.2. The fourth-order valence-corrected chi connectivity index (χ4v) is 5.78. The average molecular weight is 469 g/mol. The van der Waals surface area contributed by atoms with Crippen molar-refractivity contribution in [2.24, 2.45) is 5.92 Å². The number of carbonyl (C=O) groups excluding carboxylic acids is 2. The Balaban J connectivity index is 2.16. The van der Waals surface area contributed by atoms with E-state index in [-0.39, 0.29) is 35.7 Å². The maximum absolute atomic E-state index is 13.1. The molecule has 3 rings (SSSR count). The molecule has 32 heavy (non-hydrogen) atoms. The lowest BCUT2D eigenvalue weighted by atomic mass is 9.93. The van der Waals surface area contributed by atoms with Crippen molar-refractivity contribution >= 4 is 27.6 Å². The van der Waals surface area contributed by atoms with Gasteiger partial charge in [0.25, 0.3) is 5.69 Å². The van der Waals surface area contributed by atoms with Crippen LogP contribution in [-0.4, -0.2) is 54.3 Å². The van der Waals surface area contributed by atoms with Gasteiger partial charge in [0, 0.05) is 24.2 Å². The average Bonchev–Trinajstić information content (AvgIpc) is 3.45. The van der Waals surface area contributed by atoms with Gasteiger partial charge in [-0.25, -0.2) is 13.2 Å². The Morgan fingerprint density at radius 3 is 2.41 bits per heavy atom. The summed E-state index contributed by atoms with van der Waals surface area (Å²) in [5, 5.41) is 10.9. The molecule has 1 aliphatic heterocycles. The van der Waals surface area contributed by atoms with E-state index in [0.717, 1.165) is 12.1 Å². The van der Waals surface area contributed by atoms with Crippen LogP contribution in [0.4, 0.5) is 10.5 Å². The van der Waals surface area contributed by atoms with Crippen molar-refractivity contribution in [3.8, 4) is 0 Å². The molecule has 0 aromatic heterocycles. The monoisotopic (exact) mass is 468 g/mol. The molecule has 0 N–H and O–H groups in total. The Morgan fingerprint density at radius 2 is 1.88 bits per heavy atom. The maximum atomic E-state index is 13.1. The van der Waals surface area contributed by atoms with Gasteiger partial charge in [-0.3, -0.25) is 14.9 Å². The molecule has 0 radical (unpaired) electrons. The van der Waals surface area contributed by atoms with Crippen LogP contribution in [0.1, 0.15) is 58.6 Å². The summed E-state index contributed by atoms with van der Waals surface area (Å²) in [6.07, 6.45) is 0.491. The lowest BCUT2D eigenvalue weighted by Crippen LogP contribution is -2.39. The Kier molecular flexibility index (Phi) is 6.50. The van der Waals surface area contributed by atoms with E-state index < -0.39 is 49.6 Å². The Bertz CT molecular complexity index is 1030. The predicted molar refractivity (Wildman–Crippen MR) is 114 cm³/mol. The van der Waals surface area contributed by atoms with E-state index in [1.165, 1.54) is 11.0 Å². The van der Waals surface area contributed by atoms with E-state index in [1.807, 2.05) is 0 Å². The number of carbonyl (C=O) groups is 2. The van der Waals surface area contributed by atoms with Crippen molar-refractivity contribution in [3.05, 3.63) is 33.9 Å². The molecular weight excluding hydrogens is 440 g/mol. The van der Waals surface area contributed by atoms with Crippen molar-refractivity contribution in [1.29, 1.82) is 0 Å². The van der Waals surface area contributed by atoms with Crippen LogP contribution in [-0.2, 0) is 24.1 Å². The van der Waals surface area contributed by atoms with Gasteiger partial charge in [-0.2, -0.15) is 0 Å². The highest BCUT2D eigenvalue weighted by molar-refractivity contribution is 7.92. The van der Waals surface area contributed by atoms with Crippen molar-refractivity contribution in [1.82, 2.24) is 4.90 Å². The lowest BCUT2D eigenvalue weighted by Gasteiger charge is -2.31. The van der Waals surface area contributed by atoms with Gasteiger partial charge >= 0.3 is 12.1 Å². The molecular formula is C21H28N2O8S. The second-order valence-electron chi connectivity index (χ2n) is 8.99. The molecule has 1 saturated carbocycles. The molecule has 1 aliphatic carbocycles. The van der Waals surface area contributed by atoms with Gasteiger partial charge in [0.1, 0.15) is 5.60 Å². The van der Waals surface area contributed by atoms with Crippen LogP contribution in [0, 0.1) is 16.0 Å². The highest BCUT2D eigenvalue weighted by Crippen LogP contribution is 2.45. The first-order valence-electron chi connectivity index (χ1n) is 10.5. The Hall–Kier alpha value is -2.69. The number of hydrogen-bond acceptors (Lipinski definition) is 8. The zero-order valence-electron chi connectivity index (χ0n) is 18.6. The summed E-state index contributed by atoms with van der Waals surface area (Å²) in [6, 6.07) is 2.42. The molecule has 2 aliphatic rings. The number of ether oxygens (including phenoxy) is 2. The normalized spacial score (nSPS) is 21.3. The minimum absolute atomic E-state index is 0.0486. The van der Waals surface area contributed by atoms with Crippen molar-refractivity contribution < 1.29 is 32.4 Å². The van der Waals surface area contributed by atoms with E-state index in [4.69, 9.17) is 9.47 Å². The van der Waals surface area contributed by atoms with Crippen LogP contribution in [0.15, 0.2) is 23.1 Å². The summed E-state index contributed by atoms with van der Waals surface area (Å²) in [6.45, 7) is 6.94. The molecule has 10 nitrogen and oxygen atoms in total. The van der Waals surface area contributed by atoms with Crippen molar-refractivity contribution in [2.75, 3.05) is 13.2 Å². The third kappa shape index (κ3) is 4.87. The minimum atomic E-state index is -3.78. The number of non-ortho nitro benzene ring substituents is 1. The molecule has 1 saturated heterocycles. The number of nitrogens with zero attached hydrogens (tertiary/aromatic N) is 2. The number of sulfone groups is 1. The van der Waals surface area contributed by atoms with Gasteiger partial charge in [-0.1, -0.05) is 0 Å². The third-order valence-corrected chi connectivity index (χ3v) is 7.74. The molecule has 176 valence electrons. The Labute approximate surface area is 186 Å². The fraction of sp³-hybridized carbons (Fsp3) is 0.619. The van der Waals surface area contributed by atoms with E-state index in [9.17, 15) is 28.1 Å². The summed E-state index contributed by atoms with van der Waals surface area (Å²) in [5.74, 6) is -1.47. The molecule has 0 unspecified atom stereocenters. The van der Waals surface area contributed by atoms with Crippen molar-refractivity contribution in [3.63, 3.8) is 0 Å². The Morgan fingerprint density at radius 1 is 1.22 bits per heavy atom. The predicted octanol–water partition coefficient (Wildman–Crippen LogP) is 3.39.